The van der Waals surface area contributed by atoms with Crippen molar-refractivity contribution in [3.63, 3.8) is 0 Å². The van der Waals surface area contributed by atoms with Crippen molar-refractivity contribution in [2.45, 2.75) is 32.7 Å². The van der Waals surface area contributed by atoms with Crippen molar-refractivity contribution in [2.75, 3.05) is 31.1 Å². The molecule has 0 aliphatic carbocycles. The lowest BCUT2D eigenvalue weighted by Crippen LogP contribution is -2.54. The van der Waals surface area contributed by atoms with Crippen LogP contribution in [-0.4, -0.2) is 53.1 Å². The van der Waals surface area contributed by atoms with E-state index in [9.17, 15) is 0 Å². The van der Waals surface area contributed by atoms with Crippen LogP contribution in [0.3, 0.4) is 0 Å². The zero-order chi connectivity index (χ0) is 15.2. The van der Waals surface area contributed by atoms with E-state index in [0.717, 1.165) is 50.5 Å². The van der Waals surface area contributed by atoms with Crippen molar-refractivity contribution >= 4 is 11.7 Å². The van der Waals surface area contributed by atoms with Crippen LogP contribution in [-0.2, 0) is 0 Å². The third kappa shape index (κ3) is 3.85. The molecule has 1 aliphatic rings. The first-order chi connectivity index (χ1) is 10.2. The molecule has 116 valence electrons. The highest BCUT2D eigenvalue weighted by atomic mass is 16.4. The van der Waals surface area contributed by atoms with Crippen molar-refractivity contribution in [2.24, 2.45) is 10.9 Å². The Morgan fingerprint density at radius 3 is 2.67 bits per heavy atom. The first kappa shape index (κ1) is 15.6. The second kappa shape index (κ2) is 7.26. The summed E-state index contributed by atoms with van der Waals surface area (Å²) in [5, 5.41) is 12.1. The van der Waals surface area contributed by atoms with Gasteiger partial charge in [0.25, 0.3) is 0 Å². The summed E-state index contributed by atoms with van der Waals surface area (Å²) in [6.07, 6.45) is 1.93. The monoisotopic (exact) mass is 291 g/mol. The zero-order valence-electron chi connectivity index (χ0n) is 12.9. The molecule has 0 radical (unpaired) electrons. The number of pyridine rings is 1. The Labute approximate surface area is 126 Å². The summed E-state index contributed by atoms with van der Waals surface area (Å²) in [7, 11) is 0. The molecule has 0 aromatic carbocycles. The first-order valence-electron chi connectivity index (χ1n) is 7.55. The number of aromatic nitrogens is 1. The fourth-order valence-corrected chi connectivity index (χ4v) is 2.83. The molecule has 1 aliphatic heterocycles. The molecular formula is C15H25N5O. The molecule has 0 bridgehead atoms. The molecule has 1 saturated heterocycles. The van der Waals surface area contributed by atoms with Gasteiger partial charge in [-0.25, -0.2) is 4.98 Å². The van der Waals surface area contributed by atoms with Crippen molar-refractivity contribution in [3.8, 4) is 0 Å². The maximum Gasteiger partial charge on any atom is 0.156 e. The number of nitrogens with zero attached hydrogens (tertiary/aromatic N) is 4. The minimum atomic E-state index is 0.0348. The van der Waals surface area contributed by atoms with Crippen LogP contribution in [0.5, 0.6) is 0 Å². The molecule has 2 heterocycles. The molecule has 2 rings (SSSR count). The number of aryl methyl sites for hydroxylation is 1. The lowest BCUT2D eigenvalue weighted by atomic mass is 10.1. The number of amidine groups is 1. The van der Waals surface area contributed by atoms with Crippen LogP contribution in [0.15, 0.2) is 23.4 Å². The number of anilines is 1. The van der Waals surface area contributed by atoms with Gasteiger partial charge in [-0.3, -0.25) is 4.90 Å². The third-order valence-corrected chi connectivity index (χ3v) is 3.97. The third-order valence-electron chi connectivity index (χ3n) is 3.97. The summed E-state index contributed by atoms with van der Waals surface area (Å²) < 4.78 is 0. The highest BCUT2D eigenvalue weighted by Crippen LogP contribution is 2.17. The fraction of sp³-hybridized carbons (Fsp3) is 0.600. The van der Waals surface area contributed by atoms with Gasteiger partial charge in [-0.05, 0) is 25.5 Å². The molecule has 0 spiro atoms. The summed E-state index contributed by atoms with van der Waals surface area (Å²) >= 11 is 0. The Morgan fingerprint density at radius 2 is 2.10 bits per heavy atom. The predicted molar refractivity (Wildman–Crippen MR) is 84.9 cm³/mol. The van der Waals surface area contributed by atoms with Gasteiger partial charge in [0.2, 0.25) is 0 Å². The molecule has 1 atom stereocenters. The molecule has 1 aromatic heterocycles. The Kier molecular flexibility index (Phi) is 5.38. The standard InChI is InChI=1S/C15H25N5O/c1-3-5-13(15(16)18-21)19-8-10-20(11-9-19)14-7-4-6-12(2)17-14/h4,6-7,13,21H,3,5,8-11H2,1-2H3,(H2,16,18). The van der Waals surface area contributed by atoms with Gasteiger partial charge < -0.3 is 15.8 Å². The zero-order valence-corrected chi connectivity index (χ0v) is 12.9. The number of nitrogens with two attached hydrogens (primary N) is 1. The lowest BCUT2D eigenvalue weighted by molar-refractivity contribution is 0.211. The normalized spacial score (nSPS) is 18.8. The highest BCUT2D eigenvalue weighted by molar-refractivity contribution is 5.85. The van der Waals surface area contributed by atoms with Crippen molar-refractivity contribution < 1.29 is 5.21 Å². The predicted octanol–water partition coefficient (Wildman–Crippen LogP) is 1.43. The summed E-state index contributed by atoms with van der Waals surface area (Å²) in [6, 6.07) is 6.14. The van der Waals surface area contributed by atoms with Crippen molar-refractivity contribution in [1.82, 2.24) is 9.88 Å². The largest absolute Gasteiger partial charge is 0.409 e. The van der Waals surface area contributed by atoms with Crippen LogP contribution in [0.2, 0.25) is 0 Å². The van der Waals surface area contributed by atoms with E-state index in [-0.39, 0.29) is 6.04 Å². The molecule has 0 saturated carbocycles. The van der Waals surface area contributed by atoms with Crippen LogP contribution in [0.1, 0.15) is 25.5 Å². The molecule has 6 heteroatoms. The van der Waals surface area contributed by atoms with Crippen LogP contribution in [0.25, 0.3) is 0 Å². The second-order valence-electron chi connectivity index (χ2n) is 5.49. The number of hydrogen-bond acceptors (Lipinski definition) is 5. The topological polar surface area (TPSA) is 78.0 Å². The summed E-state index contributed by atoms with van der Waals surface area (Å²) in [6.45, 7) is 7.75. The second-order valence-corrected chi connectivity index (χ2v) is 5.49. The number of hydrogen-bond donors (Lipinski definition) is 2. The maximum atomic E-state index is 8.94. The van der Waals surface area contributed by atoms with E-state index in [4.69, 9.17) is 10.9 Å². The molecule has 1 unspecified atom stereocenters. The highest BCUT2D eigenvalue weighted by Gasteiger charge is 2.26. The molecular weight excluding hydrogens is 266 g/mol. The quantitative estimate of drug-likeness (QED) is 0.371. The fourth-order valence-electron chi connectivity index (χ4n) is 2.83. The molecule has 6 nitrogen and oxygen atoms in total. The van der Waals surface area contributed by atoms with Crippen LogP contribution in [0, 0.1) is 6.92 Å². The van der Waals surface area contributed by atoms with Gasteiger partial charge in [0.05, 0.1) is 6.04 Å². The molecule has 1 aromatic rings. The van der Waals surface area contributed by atoms with Gasteiger partial charge in [-0.15, -0.1) is 0 Å². The number of piperazine rings is 1. The van der Waals surface area contributed by atoms with E-state index in [1.165, 1.54) is 0 Å². The lowest BCUT2D eigenvalue weighted by Gasteiger charge is -2.39. The smallest absolute Gasteiger partial charge is 0.156 e. The first-order valence-corrected chi connectivity index (χ1v) is 7.55. The van der Waals surface area contributed by atoms with E-state index >= 15 is 0 Å². The molecule has 0 amide bonds. The van der Waals surface area contributed by atoms with E-state index in [2.05, 4.69) is 32.9 Å². The van der Waals surface area contributed by atoms with Gasteiger partial charge in [0.1, 0.15) is 5.82 Å². The van der Waals surface area contributed by atoms with E-state index < -0.39 is 0 Å². The van der Waals surface area contributed by atoms with Crippen LogP contribution >= 0.6 is 0 Å². The van der Waals surface area contributed by atoms with Gasteiger partial charge in [-0.2, -0.15) is 0 Å². The van der Waals surface area contributed by atoms with Crippen LogP contribution in [0.4, 0.5) is 5.82 Å². The summed E-state index contributed by atoms with van der Waals surface area (Å²) in [5.41, 5.74) is 6.87. The Bertz CT molecular complexity index is 483. The average molecular weight is 291 g/mol. The van der Waals surface area contributed by atoms with E-state index in [0.29, 0.717) is 5.84 Å². The summed E-state index contributed by atoms with van der Waals surface area (Å²) in [4.78, 5) is 9.16. The van der Waals surface area contributed by atoms with Crippen molar-refractivity contribution in [3.05, 3.63) is 23.9 Å². The van der Waals surface area contributed by atoms with E-state index in [1.54, 1.807) is 0 Å². The molecule has 21 heavy (non-hydrogen) atoms. The Morgan fingerprint density at radius 1 is 1.38 bits per heavy atom. The average Bonchev–Trinajstić information content (AvgIpc) is 2.52. The number of oxime groups is 1. The number of rotatable bonds is 5. The van der Waals surface area contributed by atoms with E-state index in [1.807, 2.05) is 19.1 Å². The van der Waals surface area contributed by atoms with Crippen LogP contribution < -0.4 is 10.6 Å². The SMILES string of the molecule is CCCC(C(N)=NO)N1CCN(c2cccc(C)n2)CC1. The van der Waals surface area contributed by atoms with Gasteiger partial charge in [0, 0.05) is 31.9 Å². The van der Waals surface area contributed by atoms with Gasteiger partial charge in [-0.1, -0.05) is 24.6 Å². The Balaban J connectivity index is 1.98. The van der Waals surface area contributed by atoms with Gasteiger partial charge >= 0.3 is 0 Å². The minimum absolute atomic E-state index is 0.0348. The summed E-state index contributed by atoms with van der Waals surface area (Å²) in [5.74, 6) is 1.35. The Hall–Kier alpha value is -1.82. The minimum Gasteiger partial charge on any atom is -0.409 e. The van der Waals surface area contributed by atoms with Crippen molar-refractivity contribution in [1.29, 1.82) is 0 Å². The molecule has 3 N–H and O–H groups in total. The molecule has 1 fully saturated rings. The maximum absolute atomic E-state index is 8.94. The van der Waals surface area contributed by atoms with Gasteiger partial charge in [0.15, 0.2) is 5.84 Å².